The van der Waals surface area contributed by atoms with Gasteiger partial charge in [-0.2, -0.15) is 0 Å². The van der Waals surface area contributed by atoms with Gasteiger partial charge in [0, 0.05) is 48.3 Å². The molecule has 34 heavy (non-hydrogen) atoms. The summed E-state index contributed by atoms with van der Waals surface area (Å²) in [6.45, 7) is 8.27. The van der Waals surface area contributed by atoms with Crippen molar-refractivity contribution in [2.24, 2.45) is 0 Å². The molecule has 0 unspecified atom stereocenters. The molecule has 0 radical (unpaired) electrons. The highest BCUT2D eigenvalue weighted by molar-refractivity contribution is 6.30. The highest BCUT2D eigenvalue weighted by Crippen LogP contribution is 2.46. The highest BCUT2D eigenvalue weighted by atomic mass is 35.5. The van der Waals surface area contributed by atoms with Crippen molar-refractivity contribution in [3.05, 3.63) is 52.4 Å². The molecule has 3 heterocycles. The Balaban J connectivity index is 1.38. The van der Waals surface area contributed by atoms with Crippen LogP contribution >= 0.6 is 11.6 Å². The summed E-state index contributed by atoms with van der Waals surface area (Å²) >= 11 is 6.11. The summed E-state index contributed by atoms with van der Waals surface area (Å²) in [4.78, 5) is 27.2. The number of amides is 1. The monoisotopic (exact) mass is 485 g/mol. The first-order valence-corrected chi connectivity index (χ1v) is 12.8. The van der Waals surface area contributed by atoms with Crippen LogP contribution in [0.25, 0.3) is 0 Å². The summed E-state index contributed by atoms with van der Waals surface area (Å²) in [7, 11) is 0. The van der Waals surface area contributed by atoms with E-state index in [-0.39, 0.29) is 35.9 Å². The molecule has 2 aliphatic heterocycles. The number of benzene rings is 1. The van der Waals surface area contributed by atoms with Crippen LogP contribution in [0.3, 0.4) is 0 Å². The molecule has 0 saturated carbocycles. The lowest BCUT2D eigenvalue weighted by Crippen LogP contribution is -2.58. The van der Waals surface area contributed by atoms with Crippen LogP contribution in [0.1, 0.15) is 74.9 Å². The van der Waals surface area contributed by atoms with E-state index in [0.717, 1.165) is 42.9 Å². The molecule has 2 bridgehead atoms. The lowest BCUT2D eigenvalue weighted by atomic mass is 9.95. The molecule has 1 amide bonds. The third-order valence-corrected chi connectivity index (χ3v) is 7.83. The van der Waals surface area contributed by atoms with Crippen LogP contribution in [-0.4, -0.2) is 58.5 Å². The Morgan fingerprint density at radius 1 is 1.18 bits per heavy atom. The number of carbonyl (C=O) groups is 1. The van der Waals surface area contributed by atoms with E-state index in [1.54, 1.807) is 0 Å². The van der Waals surface area contributed by atoms with Gasteiger partial charge in [-0.05, 0) is 42.9 Å². The lowest BCUT2D eigenvalue weighted by molar-refractivity contribution is -0.136. The molecule has 2 fully saturated rings. The smallest absolute Gasteiger partial charge is 0.232 e. The topological polar surface area (TPSA) is 61.4 Å². The molecule has 5 atom stereocenters. The van der Waals surface area contributed by atoms with Crippen molar-refractivity contribution in [1.82, 2.24) is 20.2 Å². The number of rotatable bonds is 6. The first-order chi connectivity index (χ1) is 16.3. The van der Waals surface area contributed by atoms with Crippen LogP contribution in [0.4, 0.5) is 10.2 Å². The number of fused-ring (bicyclic) bond motifs is 3. The first kappa shape index (κ1) is 23.5. The van der Waals surface area contributed by atoms with Crippen LogP contribution in [0.5, 0.6) is 0 Å². The lowest BCUT2D eigenvalue weighted by Gasteiger charge is -2.43. The van der Waals surface area contributed by atoms with E-state index < -0.39 is 6.17 Å². The van der Waals surface area contributed by atoms with E-state index in [2.05, 4.69) is 45.9 Å². The molecule has 1 aliphatic carbocycles. The summed E-state index contributed by atoms with van der Waals surface area (Å²) in [6.07, 6.45) is 2.91. The van der Waals surface area contributed by atoms with Gasteiger partial charge in [-0.1, -0.05) is 44.5 Å². The summed E-state index contributed by atoms with van der Waals surface area (Å²) in [5.41, 5.74) is 2.49. The first-order valence-electron chi connectivity index (χ1n) is 12.4. The SMILES string of the molecule is CC(C)NC[C@@H](C(=O)N1[C@@H]2CC[C@H]1CN(c1ncnc3c1[C@H](C)C[C@H]3F)C2)c1ccc(Cl)cc1. The van der Waals surface area contributed by atoms with Crippen LogP contribution < -0.4 is 10.2 Å². The zero-order chi connectivity index (χ0) is 24.0. The maximum atomic E-state index is 14.5. The van der Waals surface area contributed by atoms with Crippen molar-refractivity contribution in [2.45, 2.75) is 76.2 Å². The minimum atomic E-state index is -1.01. The quantitative estimate of drug-likeness (QED) is 0.647. The molecule has 6 nitrogen and oxygen atoms in total. The molecule has 8 heteroatoms. The van der Waals surface area contributed by atoms with Crippen LogP contribution in [0, 0.1) is 0 Å². The predicted octanol–water partition coefficient (Wildman–Crippen LogP) is 4.61. The van der Waals surface area contributed by atoms with E-state index in [9.17, 15) is 9.18 Å². The summed E-state index contributed by atoms with van der Waals surface area (Å²) in [5.74, 6) is 0.880. The third-order valence-electron chi connectivity index (χ3n) is 7.58. The second-order valence-electron chi connectivity index (χ2n) is 10.3. The molecular weight excluding hydrogens is 453 g/mol. The van der Waals surface area contributed by atoms with Gasteiger partial charge in [0.15, 0.2) is 0 Å². The van der Waals surface area contributed by atoms with Crippen molar-refractivity contribution < 1.29 is 9.18 Å². The van der Waals surface area contributed by atoms with Gasteiger partial charge in [-0.15, -0.1) is 0 Å². The van der Waals surface area contributed by atoms with Gasteiger partial charge in [-0.3, -0.25) is 4.79 Å². The number of carbonyl (C=O) groups excluding carboxylic acids is 1. The Labute approximate surface area is 205 Å². The van der Waals surface area contributed by atoms with Crippen molar-refractivity contribution >= 4 is 23.3 Å². The standard InChI is InChI=1S/C26H33ClFN5O/c1-15(2)29-11-21(17-4-6-18(27)7-5-17)26(34)33-19-8-9-20(33)13-32(12-19)25-23-16(3)10-22(28)24(23)30-14-31-25/h4-7,14-16,19-22,29H,8-13H2,1-3H3/t16-,19-,20+,21-,22-/m1/s1. The van der Waals surface area contributed by atoms with E-state index in [0.29, 0.717) is 23.7 Å². The second-order valence-corrected chi connectivity index (χ2v) is 10.7. The summed E-state index contributed by atoms with van der Waals surface area (Å²) in [5, 5.41) is 4.13. The number of aromatic nitrogens is 2. The molecule has 1 aromatic heterocycles. The van der Waals surface area contributed by atoms with Crippen LogP contribution in [0.2, 0.25) is 5.02 Å². The van der Waals surface area contributed by atoms with E-state index in [1.807, 2.05) is 24.3 Å². The zero-order valence-electron chi connectivity index (χ0n) is 20.0. The minimum absolute atomic E-state index is 0.106. The van der Waals surface area contributed by atoms with Crippen LogP contribution in [-0.2, 0) is 4.79 Å². The largest absolute Gasteiger partial charge is 0.352 e. The third kappa shape index (κ3) is 4.29. The molecule has 3 aliphatic rings. The Bertz CT molecular complexity index is 1030. The number of halogens is 2. The second kappa shape index (κ2) is 9.42. The van der Waals surface area contributed by atoms with E-state index >= 15 is 0 Å². The molecule has 0 spiro atoms. The molecule has 182 valence electrons. The number of hydrogen-bond acceptors (Lipinski definition) is 5. The Morgan fingerprint density at radius 3 is 2.50 bits per heavy atom. The number of hydrogen-bond donors (Lipinski definition) is 1. The fourth-order valence-electron chi connectivity index (χ4n) is 5.93. The van der Waals surface area contributed by atoms with Gasteiger partial charge < -0.3 is 15.1 Å². The molecule has 1 aromatic carbocycles. The maximum Gasteiger partial charge on any atom is 0.232 e. The number of anilines is 1. The maximum absolute atomic E-state index is 14.5. The number of nitrogens with zero attached hydrogens (tertiary/aromatic N) is 4. The Morgan fingerprint density at radius 2 is 1.85 bits per heavy atom. The normalized spacial score (nSPS) is 26.8. The van der Waals surface area contributed by atoms with Gasteiger partial charge in [0.25, 0.3) is 0 Å². The van der Waals surface area contributed by atoms with E-state index in [4.69, 9.17) is 11.6 Å². The number of nitrogens with one attached hydrogen (secondary N) is 1. The molecule has 2 saturated heterocycles. The zero-order valence-corrected chi connectivity index (χ0v) is 20.8. The van der Waals surface area contributed by atoms with Crippen LogP contribution in [0.15, 0.2) is 30.6 Å². The van der Waals surface area contributed by atoms with Crippen molar-refractivity contribution in [1.29, 1.82) is 0 Å². The van der Waals surface area contributed by atoms with Gasteiger partial charge >= 0.3 is 0 Å². The molecular formula is C26H33ClFN5O. The fourth-order valence-corrected chi connectivity index (χ4v) is 6.05. The Hall–Kier alpha value is -2.25. The molecule has 2 aromatic rings. The Kier molecular flexibility index (Phi) is 6.51. The van der Waals surface area contributed by atoms with E-state index in [1.165, 1.54) is 6.33 Å². The average molecular weight is 486 g/mol. The minimum Gasteiger partial charge on any atom is -0.352 e. The summed E-state index contributed by atoms with van der Waals surface area (Å²) in [6, 6.07) is 8.18. The van der Waals surface area contributed by atoms with Gasteiger partial charge in [-0.25, -0.2) is 14.4 Å². The number of alkyl halides is 1. The van der Waals surface area contributed by atoms with Gasteiger partial charge in [0.1, 0.15) is 18.3 Å². The van der Waals surface area contributed by atoms with Gasteiger partial charge in [0.05, 0.1) is 11.6 Å². The fraction of sp³-hybridized carbons (Fsp3) is 0.577. The molecule has 5 rings (SSSR count). The van der Waals surface area contributed by atoms with Crippen molar-refractivity contribution in [3.8, 4) is 0 Å². The molecule has 1 N–H and O–H groups in total. The summed E-state index contributed by atoms with van der Waals surface area (Å²) < 4.78 is 14.5. The predicted molar refractivity (Wildman–Crippen MR) is 132 cm³/mol. The number of piperazine rings is 1. The average Bonchev–Trinajstić information content (AvgIpc) is 3.25. The van der Waals surface area contributed by atoms with Crippen molar-refractivity contribution in [2.75, 3.05) is 24.5 Å². The van der Waals surface area contributed by atoms with Crippen molar-refractivity contribution in [3.63, 3.8) is 0 Å². The van der Waals surface area contributed by atoms with Gasteiger partial charge in [0.2, 0.25) is 5.91 Å². The highest BCUT2D eigenvalue weighted by Gasteiger charge is 2.46.